The van der Waals surface area contributed by atoms with Gasteiger partial charge in [0.2, 0.25) is 0 Å². The Morgan fingerprint density at radius 3 is 1.81 bits per heavy atom. The fraction of sp³-hybridized carbons (Fsp3) is 0. The van der Waals surface area contributed by atoms with Gasteiger partial charge in [0.1, 0.15) is 0 Å². The van der Waals surface area contributed by atoms with E-state index in [9.17, 15) is 0 Å². The van der Waals surface area contributed by atoms with Crippen LogP contribution in [0.4, 0.5) is 0 Å². The average Bonchev–Trinajstić information content (AvgIpc) is 3.33. The van der Waals surface area contributed by atoms with E-state index in [4.69, 9.17) is 0 Å². The number of aromatic nitrogens is 3. The SMILES string of the molecule is c1ccc2c(c1)c(-c1ccncc1)cc1c3ccccc3c3c(c4ccccc4n3-c3ccncc3)c21. The van der Waals surface area contributed by atoms with Gasteiger partial charge in [-0.25, -0.2) is 0 Å². The Bertz CT molecular complexity index is 2120. The van der Waals surface area contributed by atoms with Gasteiger partial charge in [-0.1, -0.05) is 66.7 Å². The van der Waals surface area contributed by atoms with Crippen molar-refractivity contribution in [2.45, 2.75) is 0 Å². The van der Waals surface area contributed by atoms with E-state index in [0.717, 1.165) is 5.69 Å². The minimum Gasteiger partial charge on any atom is -0.308 e. The van der Waals surface area contributed by atoms with Gasteiger partial charge in [0.05, 0.1) is 11.0 Å². The molecule has 5 aromatic carbocycles. The molecule has 172 valence electrons. The zero-order valence-corrected chi connectivity index (χ0v) is 20.0. The molecule has 0 bridgehead atoms. The number of fused-ring (bicyclic) bond motifs is 10. The van der Waals surface area contributed by atoms with Crippen LogP contribution in [0.1, 0.15) is 0 Å². The Kier molecular flexibility index (Phi) is 4.23. The van der Waals surface area contributed by atoms with Gasteiger partial charge >= 0.3 is 0 Å². The molecule has 3 heteroatoms. The largest absolute Gasteiger partial charge is 0.308 e. The van der Waals surface area contributed by atoms with Gasteiger partial charge < -0.3 is 4.57 Å². The standard InChI is InChI=1S/C34H21N3/c1-3-9-26-24(7-1)29(22-13-17-35-18-14-22)21-30-25-8-2-4-10-27(25)34-33(32(26)30)28-11-5-6-12-31(28)37(34)23-15-19-36-20-16-23/h1-21H. The highest BCUT2D eigenvalue weighted by molar-refractivity contribution is 6.37. The van der Waals surface area contributed by atoms with Gasteiger partial charge in [-0.15, -0.1) is 0 Å². The third-order valence-corrected chi connectivity index (χ3v) is 7.55. The summed E-state index contributed by atoms with van der Waals surface area (Å²) in [5.74, 6) is 0. The molecule has 37 heavy (non-hydrogen) atoms. The summed E-state index contributed by atoms with van der Waals surface area (Å²) in [6.07, 6.45) is 7.49. The van der Waals surface area contributed by atoms with Gasteiger partial charge in [0, 0.05) is 52.0 Å². The van der Waals surface area contributed by atoms with Crippen LogP contribution < -0.4 is 0 Å². The molecule has 0 unspecified atom stereocenters. The van der Waals surface area contributed by atoms with E-state index in [1.807, 2.05) is 24.8 Å². The highest BCUT2D eigenvalue weighted by Gasteiger charge is 2.21. The fourth-order valence-electron chi connectivity index (χ4n) is 6.06. The topological polar surface area (TPSA) is 30.7 Å². The summed E-state index contributed by atoms with van der Waals surface area (Å²) in [6, 6.07) is 37.1. The fourth-order valence-corrected chi connectivity index (χ4v) is 6.06. The molecule has 0 aliphatic heterocycles. The third-order valence-electron chi connectivity index (χ3n) is 7.55. The zero-order valence-electron chi connectivity index (χ0n) is 20.0. The van der Waals surface area contributed by atoms with Crippen LogP contribution in [0, 0.1) is 0 Å². The highest BCUT2D eigenvalue weighted by Crippen LogP contribution is 2.46. The van der Waals surface area contributed by atoms with Crippen LogP contribution in [0.5, 0.6) is 0 Å². The van der Waals surface area contributed by atoms with Gasteiger partial charge in [0.15, 0.2) is 0 Å². The molecule has 0 aliphatic rings. The number of pyridine rings is 2. The Morgan fingerprint density at radius 1 is 0.459 bits per heavy atom. The molecule has 0 saturated carbocycles. The van der Waals surface area contributed by atoms with Crippen molar-refractivity contribution in [3.63, 3.8) is 0 Å². The second-order valence-electron chi connectivity index (χ2n) is 9.46. The van der Waals surface area contributed by atoms with E-state index in [1.165, 1.54) is 65.3 Å². The second-order valence-corrected chi connectivity index (χ2v) is 9.46. The quantitative estimate of drug-likeness (QED) is 0.236. The van der Waals surface area contributed by atoms with Crippen molar-refractivity contribution in [2.75, 3.05) is 0 Å². The highest BCUT2D eigenvalue weighted by atomic mass is 15.0. The van der Waals surface area contributed by atoms with Gasteiger partial charge in [-0.2, -0.15) is 0 Å². The van der Waals surface area contributed by atoms with Crippen molar-refractivity contribution >= 4 is 54.1 Å². The van der Waals surface area contributed by atoms with E-state index in [0.29, 0.717) is 0 Å². The van der Waals surface area contributed by atoms with Crippen LogP contribution in [-0.2, 0) is 0 Å². The zero-order chi connectivity index (χ0) is 24.3. The summed E-state index contributed by atoms with van der Waals surface area (Å²) in [5.41, 5.74) is 5.95. The predicted octanol–water partition coefficient (Wildman–Crippen LogP) is 8.70. The third kappa shape index (κ3) is 2.82. The molecule has 0 amide bonds. The maximum Gasteiger partial charge on any atom is 0.0626 e. The molecule has 0 spiro atoms. The molecule has 8 aromatic rings. The number of hydrogen-bond acceptors (Lipinski definition) is 2. The Morgan fingerprint density at radius 2 is 1.05 bits per heavy atom. The minimum absolute atomic E-state index is 1.11. The first kappa shape index (κ1) is 20.2. The van der Waals surface area contributed by atoms with Crippen molar-refractivity contribution in [1.29, 1.82) is 0 Å². The first-order valence-corrected chi connectivity index (χ1v) is 12.5. The van der Waals surface area contributed by atoms with E-state index in [-0.39, 0.29) is 0 Å². The maximum absolute atomic E-state index is 4.29. The number of rotatable bonds is 2. The van der Waals surface area contributed by atoms with Crippen molar-refractivity contribution in [2.24, 2.45) is 0 Å². The second kappa shape index (κ2) is 7.74. The van der Waals surface area contributed by atoms with E-state index in [2.05, 4.69) is 118 Å². The molecule has 0 saturated heterocycles. The van der Waals surface area contributed by atoms with Crippen LogP contribution in [0.3, 0.4) is 0 Å². The first-order valence-electron chi connectivity index (χ1n) is 12.5. The number of para-hydroxylation sites is 1. The monoisotopic (exact) mass is 471 g/mol. The summed E-state index contributed by atoms with van der Waals surface area (Å²) in [7, 11) is 0. The lowest BCUT2D eigenvalue weighted by molar-refractivity contribution is 1.16. The lowest BCUT2D eigenvalue weighted by Crippen LogP contribution is -1.95. The van der Waals surface area contributed by atoms with Crippen LogP contribution in [0.2, 0.25) is 0 Å². The molecule has 0 aliphatic carbocycles. The molecular formula is C34H21N3. The molecule has 0 atom stereocenters. The molecule has 0 fully saturated rings. The van der Waals surface area contributed by atoms with Crippen molar-refractivity contribution in [3.05, 3.63) is 128 Å². The Labute approximate surface area is 213 Å². The number of benzene rings is 5. The molecule has 0 N–H and O–H groups in total. The summed E-state index contributed by atoms with van der Waals surface area (Å²) < 4.78 is 2.40. The lowest BCUT2D eigenvalue weighted by atomic mass is 9.88. The van der Waals surface area contributed by atoms with Crippen LogP contribution in [0.15, 0.2) is 128 Å². The average molecular weight is 472 g/mol. The normalized spacial score (nSPS) is 11.8. The molecule has 8 rings (SSSR count). The Hall–Kier alpha value is -5.02. The van der Waals surface area contributed by atoms with Crippen molar-refractivity contribution < 1.29 is 0 Å². The summed E-state index contributed by atoms with van der Waals surface area (Å²) in [6.45, 7) is 0. The number of nitrogens with zero attached hydrogens (tertiary/aromatic N) is 3. The smallest absolute Gasteiger partial charge is 0.0626 e. The molecule has 3 nitrogen and oxygen atoms in total. The summed E-state index contributed by atoms with van der Waals surface area (Å²) in [4.78, 5) is 8.55. The van der Waals surface area contributed by atoms with Crippen molar-refractivity contribution in [1.82, 2.24) is 14.5 Å². The number of hydrogen-bond donors (Lipinski definition) is 0. The van der Waals surface area contributed by atoms with E-state index >= 15 is 0 Å². The first-order chi connectivity index (χ1) is 18.4. The lowest BCUT2D eigenvalue weighted by Gasteiger charge is -2.16. The van der Waals surface area contributed by atoms with Crippen LogP contribution >= 0.6 is 0 Å². The summed E-state index contributed by atoms with van der Waals surface area (Å²) in [5, 5.41) is 10.1. The molecular weight excluding hydrogens is 450 g/mol. The summed E-state index contributed by atoms with van der Waals surface area (Å²) >= 11 is 0. The van der Waals surface area contributed by atoms with Gasteiger partial charge in [0.25, 0.3) is 0 Å². The van der Waals surface area contributed by atoms with E-state index < -0.39 is 0 Å². The van der Waals surface area contributed by atoms with Crippen LogP contribution in [0.25, 0.3) is 70.9 Å². The van der Waals surface area contributed by atoms with Gasteiger partial charge in [-0.3, -0.25) is 9.97 Å². The van der Waals surface area contributed by atoms with E-state index in [1.54, 1.807) is 0 Å². The molecule has 3 heterocycles. The molecule has 3 aromatic heterocycles. The predicted molar refractivity (Wildman–Crippen MR) is 154 cm³/mol. The molecule has 0 radical (unpaired) electrons. The Balaban J connectivity index is 1.71. The van der Waals surface area contributed by atoms with Crippen LogP contribution in [-0.4, -0.2) is 14.5 Å². The minimum atomic E-state index is 1.11. The maximum atomic E-state index is 4.29. The van der Waals surface area contributed by atoms with Gasteiger partial charge in [-0.05, 0) is 69.1 Å². The van der Waals surface area contributed by atoms with Crippen molar-refractivity contribution in [3.8, 4) is 16.8 Å².